The zero-order valence-corrected chi connectivity index (χ0v) is 13.6. The fourth-order valence-corrected chi connectivity index (χ4v) is 4.04. The van der Waals surface area contributed by atoms with Crippen LogP contribution in [0, 0.1) is 5.92 Å². The summed E-state index contributed by atoms with van der Waals surface area (Å²) in [6.07, 6.45) is 3.81. The molecular weight excluding hydrogens is 322 g/mol. The molecule has 0 radical (unpaired) electrons. The zero-order valence-electron chi connectivity index (χ0n) is 12.8. The summed E-state index contributed by atoms with van der Waals surface area (Å²) in [4.78, 5) is 23.0. The predicted octanol–water partition coefficient (Wildman–Crippen LogP) is -0.0429. The molecule has 1 aromatic rings. The first-order valence-electron chi connectivity index (χ1n) is 7.43. The Morgan fingerprint density at radius 3 is 2.57 bits per heavy atom. The van der Waals surface area contributed by atoms with E-state index in [1.54, 1.807) is 6.07 Å². The molecule has 0 atom stereocenters. The number of hydrogen-bond acceptors (Lipinski definition) is 5. The van der Waals surface area contributed by atoms with Crippen molar-refractivity contribution in [2.75, 3.05) is 13.6 Å². The minimum absolute atomic E-state index is 0.224. The molecule has 0 aliphatic heterocycles. The molecule has 0 unspecified atom stereocenters. The van der Waals surface area contributed by atoms with E-state index in [1.165, 1.54) is 13.2 Å². The van der Waals surface area contributed by atoms with Gasteiger partial charge in [-0.3, -0.25) is 9.89 Å². The van der Waals surface area contributed by atoms with Crippen molar-refractivity contribution in [1.82, 2.24) is 25.6 Å². The Hall–Kier alpha value is -2.10. The van der Waals surface area contributed by atoms with Crippen LogP contribution < -0.4 is 15.4 Å². The molecule has 1 aliphatic rings. The molecule has 1 fully saturated rings. The summed E-state index contributed by atoms with van der Waals surface area (Å²) < 4.78 is 26.1. The van der Waals surface area contributed by atoms with Gasteiger partial charge in [-0.25, -0.2) is 17.9 Å². The predicted molar refractivity (Wildman–Crippen MR) is 83.2 cm³/mol. The van der Waals surface area contributed by atoms with Gasteiger partial charge in [0.25, 0.3) is 5.91 Å². The van der Waals surface area contributed by atoms with Crippen LogP contribution in [0.2, 0.25) is 0 Å². The molecule has 0 saturated heterocycles. The Labute approximate surface area is 134 Å². The van der Waals surface area contributed by atoms with Gasteiger partial charge in [-0.05, 0) is 37.7 Å². The molecule has 0 aromatic carbocycles. The SMILES string of the molecule is CNC(=O)NS(=O)(=O)C1CCC(CNC(=O)c2ccn[nH]2)CC1. The third-order valence-corrected chi connectivity index (χ3v) is 5.81. The van der Waals surface area contributed by atoms with E-state index in [0.29, 0.717) is 37.9 Å². The smallest absolute Gasteiger partial charge is 0.328 e. The van der Waals surface area contributed by atoms with Gasteiger partial charge in [-0.15, -0.1) is 0 Å². The molecular formula is C13H21N5O4S. The molecule has 23 heavy (non-hydrogen) atoms. The lowest BCUT2D eigenvalue weighted by molar-refractivity contribution is 0.0938. The first-order chi connectivity index (χ1) is 10.9. The van der Waals surface area contributed by atoms with Gasteiger partial charge in [0.05, 0.1) is 5.25 Å². The maximum atomic E-state index is 12.0. The molecule has 10 heteroatoms. The van der Waals surface area contributed by atoms with Crippen molar-refractivity contribution in [1.29, 1.82) is 0 Å². The molecule has 128 valence electrons. The number of hydrogen-bond donors (Lipinski definition) is 4. The van der Waals surface area contributed by atoms with E-state index in [-0.39, 0.29) is 11.8 Å². The molecule has 0 spiro atoms. The first-order valence-corrected chi connectivity index (χ1v) is 8.98. The van der Waals surface area contributed by atoms with Gasteiger partial charge < -0.3 is 10.6 Å². The normalized spacial score (nSPS) is 21.4. The Morgan fingerprint density at radius 2 is 2.00 bits per heavy atom. The van der Waals surface area contributed by atoms with Crippen LogP contribution in [0.4, 0.5) is 4.79 Å². The highest BCUT2D eigenvalue weighted by atomic mass is 32.2. The minimum atomic E-state index is -3.65. The number of rotatable bonds is 5. The molecule has 1 saturated carbocycles. The highest BCUT2D eigenvalue weighted by molar-refractivity contribution is 7.90. The van der Waals surface area contributed by atoms with Crippen LogP contribution in [-0.2, 0) is 10.0 Å². The standard InChI is InChI=1S/C13H21N5O4S/c1-14-13(20)18-23(21,22)10-4-2-9(3-5-10)8-15-12(19)11-6-7-16-17-11/h6-7,9-10H,2-5,8H2,1H3,(H,15,19)(H,16,17)(H2,14,18,20). The quantitative estimate of drug-likeness (QED) is 0.595. The zero-order chi connectivity index (χ0) is 16.9. The van der Waals surface area contributed by atoms with Crippen LogP contribution in [0.1, 0.15) is 36.2 Å². The summed E-state index contributed by atoms with van der Waals surface area (Å²) in [7, 11) is -2.28. The molecule has 4 N–H and O–H groups in total. The van der Waals surface area contributed by atoms with Crippen LogP contribution >= 0.6 is 0 Å². The van der Waals surface area contributed by atoms with E-state index >= 15 is 0 Å². The number of nitrogens with one attached hydrogen (secondary N) is 4. The lowest BCUT2D eigenvalue weighted by Gasteiger charge is -2.28. The molecule has 3 amide bonds. The average Bonchev–Trinajstić information content (AvgIpc) is 3.07. The van der Waals surface area contributed by atoms with E-state index < -0.39 is 21.3 Å². The van der Waals surface area contributed by atoms with Crippen molar-refractivity contribution in [3.05, 3.63) is 18.0 Å². The monoisotopic (exact) mass is 343 g/mol. The molecule has 1 aliphatic carbocycles. The summed E-state index contributed by atoms with van der Waals surface area (Å²) in [6, 6.07) is 0.863. The van der Waals surface area contributed by atoms with Crippen molar-refractivity contribution in [3.8, 4) is 0 Å². The Kier molecular flexibility index (Phi) is 5.59. The third-order valence-electron chi connectivity index (χ3n) is 3.99. The molecule has 9 nitrogen and oxygen atoms in total. The van der Waals surface area contributed by atoms with Crippen LogP contribution in [-0.4, -0.2) is 49.4 Å². The topological polar surface area (TPSA) is 133 Å². The maximum Gasteiger partial charge on any atom is 0.328 e. The van der Waals surface area contributed by atoms with E-state index in [0.717, 1.165) is 0 Å². The fourth-order valence-electron chi connectivity index (χ4n) is 2.62. The van der Waals surface area contributed by atoms with Crippen molar-refractivity contribution in [3.63, 3.8) is 0 Å². The molecule has 1 heterocycles. The van der Waals surface area contributed by atoms with Crippen LogP contribution in [0.5, 0.6) is 0 Å². The summed E-state index contributed by atoms with van der Waals surface area (Å²) >= 11 is 0. The second-order valence-corrected chi connectivity index (χ2v) is 7.51. The maximum absolute atomic E-state index is 12.0. The van der Waals surface area contributed by atoms with Crippen LogP contribution in [0.3, 0.4) is 0 Å². The lowest BCUT2D eigenvalue weighted by Crippen LogP contribution is -2.44. The van der Waals surface area contributed by atoms with Gasteiger partial charge in [0.15, 0.2) is 0 Å². The summed E-state index contributed by atoms with van der Waals surface area (Å²) in [5.74, 6) is 0.00634. The summed E-state index contributed by atoms with van der Waals surface area (Å²) in [5, 5.41) is 10.8. The fraction of sp³-hybridized carbons (Fsp3) is 0.615. The largest absolute Gasteiger partial charge is 0.350 e. The molecule has 1 aromatic heterocycles. The van der Waals surface area contributed by atoms with E-state index in [1.807, 2.05) is 4.72 Å². The number of urea groups is 1. The van der Waals surface area contributed by atoms with E-state index in [9.17, 15) is 18.0 Å². The van der Waals surface area contributed by atoms with Gasteiger partial charge in [0, 0.05) is 19.8 Å². The first kappa shape index (κ1) is 17.3. The minimum Gasteiger partial charge on any atom is -0.350 e. The Morgan fingerprint density at radius 1 is 1.30 bits per heavy atom. The summed E-state index contributed by atoms with van der Waals surface area (Å²) in [5.41, 5.74) is 0.399. The number of H-pyrrole nitrogens is 1. The number of aromatic nitrogens is 2. The van der Waals surface area contributed by atoms with E-state index in [2.05, 4.69) is 20.8 Å². The number of carbonyl (C=O) groups excluding carboxylic acids is 2. The summed E-state index contributed by atoms with van der Waals surface area (Å²) in [6.45, 7) is 0.494. The Balaban J connectivity index is 1.77. The second-order valence-electron chi connectivity index (χ2n) is 5.55. The highest BCUT2D eigenvalue weighted by Crippen LogP contribution is 2.27. The number of aromatic amines is 1. The van der Waals surface area contributed by atoms with Crippen molar-refractivity contribution < 1.29 is 18.0 Å². The second kappa shape index (κ2) is 7.44. The highest BCUT2D eigenvalue weighted by Gasteiger charge is 2.32. The van der Waals surface area contributed by atoms with Gasteiger partial charge >= 0.3 is 6.03 Å². The van der Waals surface area contributed by atoms with Crippen LogP contribution in [0.15, 0.2) is 12.3 Å². The van der Waals surface area contributed by atoms with Gasteiger partial charge in [-0.1, -0.05) is 0 Å². The number of amides is 3. The van der Waals surface area contributed by atoms with Crippen LogP contribution in [0.25, 0.3) is 0 Å². The molecule has 0 bridgehead atoms. The lowest BCUT2D eigenvalue weighted by atomic mass is 9.89. The molecule has 2 rings (SSSR count). The van der Waals surface area contributed by atoms with Gasteiger partial charge in [-0.2, -0.15) is 5.10 Å². The van der Waals surface area contributed by atoms with Gasteiger partial charge in [0.1, 0.15) is 5.69 Å². The number of sulfonamides is 1. The number of nitrogens with zero attached hydrogens (tertiary/aromatic N) is 1. The van der Waals surface area contributed by atoms with Crippen molar-refractivity contribution in [2.45, 2.75) is 30.9 Å². The number of carbonyl (C=O) groups is 2. The van der Waals surface area contributed by atoms with Crippen molar-refractivity contribution in [2.24, 2.45) is 5.92 Å². The van der Waals surface area contributed by atoms with Gasteiger partial charge in [0.2, 0.25) is 10.0 Å². The average molecular weight is 343 g/mol. The van der Waals surface area contributed by atoms with Crippen molar-refractivity contribution >= 4 is 22.0 Å². The van der Waals surface area contributed by atoms with E-state index in [4.69, 9.17) is 0 Å². The third kappa shape index (κ3) is 4.68. The Bertz CT molecular complexity index is 635.